The SMILES string of the molecule is Cc1nccnc1N(CCC(N)=NO)C(C)C. The van der Waals surface area contributed by atoms with E-state index in [9.17, 15) is 0 Å². The predicted octanol–water partition coefficient (Wildman–Crippen LogP) is 1.14. The minimum absolute atomic E-state index is 0.220. The maximum Gasteiger partial charge on any atom is 0.150 e. The number of nitrogens with zero attached hydrogens (tertiary/aromatic N) is 4. The molecule has 0 saturated carbocycles. The highest BCUT2D eigenvalue weighted by Gasteiger charge is 2.14. The fourth-order valence-electron chi connectivity index (χ4n) is 1.58. The summed E-state index contributed by atoms with van der Waals surface area (Å²) in [6.45, 7) is 6.70. The summed E-state index contributed by atoms with van der Waals surface area (Å²) in [5.74, 6) is 1.06. The highest BCUT2D eigenvalue weighted by molar-refractivity contribution is 5.80. The summed E-state index contributed by atoms with van der Waals surface area (Å²) in [5, 5.41) is 11.5. The molecule has 94 valence electrons. The fourth-order valence-corrected chi connectivity index (χ4v) is 1.58. The van der Waals surface area contributed by atoms with Crippen LogP contribution >= 0.6 is 0 Å². The Kier molecular flexibility index (Phi) is 4.68. The number of rotatable bonds is 5. The Balaban J connectivity index is 2.83. The predicted molar refractivity (Wildman–Crippen MR) is 67.3 cm³/mol. The van der Waals surface area contributed by atoms with Crippen LogP contribution in [-0.2, 0) is 0 Å². The minimum Gasteiger partial charge on any atom is -0.409 e. The van der Waals surface area contributed by atoms with Gasteiger partial charge in [-0.15, -0.1) is 0 Å². The molecule has 6 heteroatoms. The van der Waals surface area contributed by atoms with Crippen LogP contribution in [0, 0.1) is 6.92 Å². The second kappa shape index (κ2) is 6.03. The molecule has 0 atom stereocenters. The Morgan fingerprint density at radius 3 is 2.65 bits per heavy atom. The summed E-state index contributed by atoms with van der Waals surface area (Å²) >= 11 is 0. The van der Waals surface area contributed by atoms with Crippen molar-refractivity contribution < 1.29 is 5.21 Å². The Hall–Kier alpha value is -1.85. The van der Waals surface area contributed by atoms with Gasteiger partial charge in [-0.25, -0.2) is 4.98 Å². The van der Waals surface area contributed by atoms with Gasteiger partial charge in [0.2, 0.25) is 0 Å². The summed E-state index contributed by atoms with van der Waals surface area (Å²) in [5.41, 5.74) is 6.35. The summed E-state index contributed by atoms with van der Waals surface area (Å²) in [4.78, 5) is 10.6. The molecule has 0 aliphatic carbocycles. The van der Waals surface area contributed by atoms with Gasteiger partial charge in [-0.3, -0.25) is 4.98 Å². The molecule has 0 aromatic carbocycles. The van der Waals surface area contributed by atoms with E-state index in [1.807, 2.05) is 6.92 Å². The molecule has 6 nitrogen and oxygen atoms in total. The Labute approximate surface area is 101 Å². The number of aryl methyl sites for hydroxylation is 1. The van der Waals surface area contributed by atoms with Gasteiger partial charge >= 0.3 is 0 Å². The molecule has 0 spiro atoms. The number of anilines is 1. The van der Waals surface area contributed by atoms with Crippen LogP contribution in [0.4, 0.5) is 5.82 Å². The Morgan fingerprint density at radius 1 is 1.47 bits per heavy atom. The normalized spacial score (nSPS) is 11.9. The molecule has 0 aliphatic heterocycles. The number of aromatic nitrogens is 2. The second-order valence-corrected chi connectivity index (χ2v) is 4.09. The molecule has 0 aliphatic rings. The van der Waals surface area contributed by atoms with Gasteiger partial charge in [-0.05, 0) is 20.8 Å². The summed E-state index contributed by atoms with van der Waals surface area (Å²) < 4.78 is 0. The number of oxime groups is 1. The first-order valence-corrected chi connectivity index (χ1v) is 5.57. The highest BCUT2D eigenvalue weighted by Crippen LogP contribution is 2.16. The zero-order valence-electron chi connectivity index (χ0n) is 10.5. The maximum absolute atomic E-state index is 8.53. The smallest absolute Gasteiger partial charge is 0.150 e. The van der Waals surface area contributed by atoms with Crippen molar-refractivity contribution in [2.75, 3.05) is 11.4 Å². The van der Waals surface area contributed by atoms with Gasteiger partial charge in [0, 0.05) is 31.4 Å². The van der Waals surface area contributed by atoms with E-state index in [-0.39, 0.29) is 11.9 Å². The van der Waals surface area contributed by atoms with E-state index in [0.717, 1.165) is 11.5 Å². The number of nitrogens with two attached hydrogens (primary N) is 1. The molecule has 1 rings (SSSR count). The number of hydrogen-bond acceptors (Lipinski definition) is 5. The zero-order valence-corrected chi connectivity index (χ0v) is 10.5. The summed E-state index contributed by atoms with van der Waals surface area (Å²) in [6.07, 6.45) is 3.83. The van der Waals surface area contributed by atoms with Crippen molar-refractivity contribution in [1.82, 2.24) is 9.97 Å². The van der Waals surface area contributed by atoms with Crippen LogP contribution in [0.25, 0.3) is 0 Å². The Bertz CT molecular complexity index is 391. The molecule has 0 radical (unpaired) electrons. The first kappa shape index (κ1) is 13.2. The number of amidine groups is 1. The molecular formula is C11H19N5O. The lowest BCUT2D eigenvalue weighted by atomic mass is 10.2. The molecule has 0 bridgehead atoms. The van der Waals surface area contributed by atoms with Crippen molar-refractivity contribution in [3.8, 4) is 0 Å². The average Bonchev–Trinajstić information content (AvgIpc) is 2.30. The van der Waals surface area contributed by atoms with Crippen LogP contribution in [-0.4, -0.2) is 33.6 Å². The quantitative estimate of drug-likeness (QED) is 0.347. The van der Waals surface area contributed by atoms with E-state index in [0.29, 0.717) is 13.0 Å². The van der Waals surface area contributed by atoms with E-state index in [2.05, 4.69) is 33.9 Å². The summed E-state index contributed by atoms with van der Waals surface area (Å²) in [7, 11) is 0. The third-order valence-corrected chi connectivity index (χ3v) is 2.49. The molecule has 0 amide bonds. The van der Waals surface area contributed by atoms with Gasteiger partial charge in [0.05, 0.1) is 5.69 Å². The lowest BCUT2D eigenvalue weighted by Gasteiger charge is -2.28. The van der Waals surface area contributed by atoms with Crippen molar-refractivity contribution in [2.24, 2.45) is 10.9 Å². The van der Waals surface area contributed by atoms with E-state index < -0.39 is 0 Å². The monoisotopic (exact) mass is 237 g/mol. The second-order valence-electron chi connectivity index (χ2n) is 4.09. The molecule has 0 fully saturated rings. The van der Waals surface area contributed by atoms with Gasteiger partial charge in [-0.2, -0.15) is 0 Å². The molecule has 0 unspecified atom stereocenters. The third-order valence-electron chi connectivity index (χ3n) is 2.49. The van der Waals surface area contributed by atoms with Crippen LogP contribution in [0.3, 0.4) is 0 Å². The molecule has 1 heterocycles. The van der Waals surface area contributed by atoms with Gasteiger partial charge in [0.25, 0.3) is 0 Å². The maximum atomic E-state index is 8.53. The van der Waals surface area contributed by atoms with Crippen LogP contribution in [0.5, 0.6) is 0 Å². The lowest BCUT2D eigenvalue weighted by Crippen LogP contribution is -2.35. The van der Waals surface area contributed by atoms with Gasteiger partial charge in [0.15, 0.2) is 0 Å². The van der Waals surface area contributed by atoms with Gasteiger partial charge < -0.3 is 15.8 Å². The van der Waals surface area contributed by atoms with Crippen LogP contribution in [0.2, 0.25) is 0 Å². The molecule has 17 heavy (non-hydrogen) atoms. The number of hydrogen-bond donors (Lipinski definition) is 2. The lowest BCUT2D eigenvalue weighted by molar-refractivity contribution is 0.317. The third kappa shape index (κ3) is 3.58. The van der Waals surface area contributed by atoms with Crippen LogP contribution in [0.15, 0.2) is 17.5 Å². The van der Waals surface area contributed by atoms with E-state index >= 15 is 0 Å². The molecule has 3 N–H and O–H groups in total. The Morgan fingerprint density at radius 2 is 2.12 bits per heavy atom. The van der Waals surface area contributed by atoms with Gasteiger partial charge in [0.1, 0.15) is 11.7 Å². The van der Waals surface area contributed by atoms with Crippen LogP contribution < -0.4 is 10.6 Å². The van der Waals surface area contributed by atoms with E-state index in [4.69, 9.17) is 10.9 Å². The molecule has 1 aromatic heterocycles. The largest absolute Gasteiger partial charge is 0.409 e. The van der Waals surface area contributed by atoms with Crippen molar-refractivity contribution in [3.05, 3.63) is 18.1 Å². The fraction of sp³-hybridized carbons (Fsp3) is 0.545. The zero-order chi connectivity index (χ0) is 12.8. The van der Waals surface area contributed by atoms with Gasteiger partial charge in [-0.1, -0.05) is 5.16 Å². The minimum atomic E-state index is 0.220. The summed E-state index contributed by atoms with van der Waals surface area (Å²) in [6, 6.07) is 0.275. The topological polar surface area (TPSA) is 87.6 Å². The van der Waals surface area contributed by atoms with E-state index in [1.54, 1.807) is 12.4 Å². The van der Waals surface area contributed by atoms with Crippen molar-refractivity contribution in [3.63, 3.8) is 0 Å². The first-order chi connectivity index (χ1) is 8.06. The average molecular weight is 237 g/mol. The molecule has 1 aromatic rings. The highest BCUT2D eigenvalue weighted by atomic mass is 16.4. The first-order valence-electron chi connectivity index (χ1n) is 5.57. The van der Waals surface area contributed by atoms with Crippen LogP contribution in [0.1, 0.15) is 26.0 Å². The standard InChI is InChI=1S/C11H19N5O/c1-8(2)16(7-4-10(12)15-17)11-9(3)13-5-6-14-11/h5-6,8,17H,4,7H2,1-3H3,(H2,12,15). The van der Waals surface area contributed by atoms with Crippen molar-refractivity contribution >= 4 is 11.7 Å². The molecule has 0 saturated heterocycles. The van der Waals surface area contributed by atoms with E-state index in [1.165, 1.54) is 0 Å². The molecular weight excluding hydrogens is 218 g/mol. The van der Waals surface area contributed by atoms with Crippen molar-refractivity contribution in [1.29, 1.82) is 0 Å². The van der Waals surface area contributed by atoms with Crippen molar-refractivity contribution in [2.45, 2.75) is 33.2 Å².